The lowest BCUT2D eigenvalue weighted by Gasteiger charge is -2.18. The zero-order valence-corrected chi connectivity index (χ0v) is 30.9. The summed E-state index contributed by atoms with van der Waals surface area (Å²) in [4.78, 5) is 15.5. The first kappa shape index (κ1) is 32.7. The molecule has 9 aromatic carbocycles. The predicted molar refractivity (Wildman–Crippen MR) is 236 cm³/mol. The van der Waals surface area contributed by atoms with Gasteiger partial charge in [-0.1, -0.05) is 164 Å². The maximum Gasteiger partial charge on any atom is 0.164 e. The van der Waals surface area contributed by atoms with Crippen molar-refractivity contribution in [1.29, 1.82) is 0 Å². The number of hydrogen-bond acceptors (Lipinski definition) is 3. The fourth-order valence-corrected chi connectivity index (χ4v) is 8.27. The Morgan fingerprint density at radius 2 is 0.702 bits per heavy atom. The lowest BCUT2D eigenvalue weighted by Crippen LogP contribution is -2.02. The van der Waals surface area contributed by atoms with Crippen LogP contribution in [-0.4, -0.2) is 19.5 Å². The van der Waals surface area contributed by atoms with Crippen LogP contribution in [0.1, 0.15) is 0 Å². The van der Waals surface area contributed by atoms with Crippen molar-refractivity contribution < 1.29 is 0 Å². The molecule has 0 saturated carbocycles. The van der Waals surface area contributed by atoms with Gasteiger partial charge in [0.2, 0.25) is 0 Å². The van der Waals surface area contributed by atoms with Gasteiger partial charge in [-0.05, 0) is 86.3 Å². The summed E-state index contributed by atoms with van der Waals surface area (Å²) in [6.07, 6.45) is 0. The minimum absolute atomic E-state index is 0.617. The van der Waals surface area contributed by atoms with Crippen LogP contribution in [0.4, 0.5) is 0 Å². The first-order chi connectivity index (χ1) is 28.2. The van der Waals surface area contributed by atoms with Crippen molar-refractivity contribution in [2.45, 2.75) is 0 Å². The van der Waals surface area contributed by atoms with Gasteiger partial charge in [0.15, 0.2) is 17.5 Å². The van der Waals surface area contributed by atoms with Crippen LogP contribution in [0, 0.1) is 0 Å². The maximum absolute atomic E-state index is 5.22. The van der Waals surface area contributed by atoms with E-state index in [1.807, 2.05) is 36.4 Å². The Kier molecular flexibility index (Phi) is 7.78. The monoisotopic (exact) mass is 726 g/mol. The van der Waals surface area contributed by atoms with Gasteiger partial charge in [-0.25, -0.2) is 15.0 Å². The minimum Gasteiger partial charge on any atom is -0.309 e. The highest BCUT2D eigenvalue weighted by Crippen LogP contribution is 2.42. The third-order valence-corrected chi connectivity index (χ3v) is 11.0. The van der Waals surface area contributed by atoms with Crippen LogP contribution in [0.3, 0.4) is 0 Å². The molecule has 2 aromatic heterocycles. The first-order valence-electron chi connectivity index (χ1n) is 19.3. The van der Waals surface area contributed by atoms with Gasteiger partial charge in [-0.3, -0.25) is 0 Å². The molecule has 0 unspecified atom stereocenters. The van der Waals surface area contributed by atoms with E-state index in [1.54, 1.807) is 0 Å². The molecule has 0 atom stereocenters. The standard InChI is InChI=1S/C53H34N4/c1-4-16-35(17-5-1)43-26-14-15-27-44(43)46-34-42(28-29-45(46)53-55-51(36-18-6-2-7-19-36)54-52(56-53)37-20-8-3-9-21-37)57-49-32-40-24-12-10-22-38(40)30-47(49)48-31-39-23-11-13-25-41(39)33-50(48)57/h1-34H. The Morgan fingerprint density at radius 3 is 1.23 bits per heavy atom. The number of hydrogen-bond donors (Lipinski definition) is 0. The van der Waals surface area contributed by atoms with Gasteiger partial charge in [-0.15, -0.1) is 0 Å². The highest BCUT2D eigenvalue weighted by Gasteiger charge is 2.21. The molecule has 2 heterocycles. The zero-order chi connectivity index (χ0) is 37.7. The van der Waals surface area contributed by atoms with E-state index in [2.05, 4.69) is 174 Å². The van der Waals surface area contributed by atoms with Gasteiger partial charge in [0.05, 0.1) is 11.0 Å². The van der Waals surface area contributed by atoms with Crippen LogP contribution in [0.5, 0.6) is 0 Å². The minimum atomic E-state index is 0.617. The zero-order valence-electron chi connectivity index (χ0n) is 30.9. The summed E-state index contributed by atoms with van der Waals surface area (Å²) in [5.74, 6) is 1.88. The largest absolute Gasteiger partial charge is 0.309 e. The van der Waals surface area contributed by atoms with Crippen molar-refractivity contribution in [3.8, 4) is 62.1 Å². The molecule has 0 aliphatic rings. The Hall–Kier alpha value is -7.69. The Labute approximate surface area is 330 Å². The molecule has 4 nitrogen and oxygen atoms in total. The van der Waals surface area contributed by atoms with Gasteiger partial charge < -0.3 is 4.57 Å². The SMILES string of the molecule is c1ccc(-c2nc(-c3ccccc3)nc(-c3ccc(-n4c5cc6ccccc6cc5c5cc6ccccc6cc54)cc3-c3ccccc3-c3ccccc3)n2)cc1. The lowest BCUT2D eigenvalue weighted by atomic mass is 9.91. The Bertz CT molecular complexity index is 3130. The summed E-state index contributed by atoms with van der Waals surface area (Å²) in [7, 11) is 0. The molecule has 11 rings (SSSR count). The lowest BCUT2D eigenvalue weighted by molar-refractivity contribution is 1.07. The molecule has 266 valence electrons. The van der Waals surface area contributed by atoms with E-state index in [0.717, 1.165) is 55.7 Å². The van der Waals surface area contributed by atoms with Crippen LogP contribution in [0.25, 0.3) is 105 Å². The number of rotatable bonds is 6. The topological polar surface area (TPSA) is 43.6 Å². The Morgan fingerprint density at radius 1 is 0.281 bits per heavy atom. The van der Waals surface area contributed by atoms with Gasteiger partial charge in [0.25, 0.3) is 0 Å². The average Bonchev–Trinajstić information content (AvgIpc) is 3.59. The third kappa shape index (κ3) is 5.74. The molecule has 11 aromatic rings. The maximum atomic E-state index is 5.22. The van der Waals surface area contributed by atoms with Gasteiger partial charge in [-0.2, -0.15) is 0 Å². The van der Waals surface area contributed by atoms with Crippen molar-refractivity contribution in [2.75, 3.05) is 0 Å². The van der Waals surface area contributed by atoms with Gasteiger partial charge in [0, 0.05) is 33.2 Å². The summed E-state index contributed by atoms with van der Waals surface area (Å²) in [6.45, 7) is 0. The second-order valence-electron chi connectivity index (χ2n) is 14.4. The van der Waals surface area contributed by atoms with E-state index in [1.165, 1.54) is 32.3 Å². The number of aromatic nitrogens is 4. The summed E-state index contributed by atoms with van der Waals surface area (Å²) in [5, 5.41) is 7.31. The highest BCUT2D eigenvalue weighted by molar-refractivity contribution is 6.16. The normalized spacial score (nSPS) is 11.5. The second kappa shape index (κ2) is 13.6. The van der Waals surface area contributed by atoms with Gasteiger partial charge in [0.1, 0.15) is 0 Å². The van der Waals surface area contributed by atoms with Crippen molar-refractivity contribution in [1.82, 2.24) is 19.5 Å². The molecular weight excluding hydrogens is 693 g/mol. The molecule has 0 bridgehead atoms. The number of fused-ring (bicyclic) bond motifs is 5. The van der Waals surface area contributed by atoms with E-state index >= 15 is 0 Å². The van der Waals surface area contributed by atoms with E-state index in [-0.39, 0.29) is 0 Å². The third-order valence-electron chi connectivity index (χ3n) is 11.0. The van der Waals surface area contributed by atoms with Crippen LogP contribution < -0.4 is 0 Å². The molecule has 0 aliphatic heterocycles. The molecular formula is C53H34N4. The van der Waals surface area contributed by atoms with Gasteiger partial charge >= 0.3 is 0 Å². The van der Waals surface area contributed by atoms with Crippen molar-refractivity contribution in [3.05, 3.63) is 206 Å². The summed E-state index contributed by atoms with van der Waals surface area (Å²) in [6, 6.07) is 73.0. The second-order valence-corrected chi connectivity index (χ2v) is 14.4. The van der Waals surface area contributed by atoms with Crippen LogP contribution >= 0.6 is 0 Å². The molecule has 0 radical (unpaired) electrons. The number of benzene rings is 9. The number of nitrogens with zero attached hydrogens (tertiary/aromatic N) is 4. The Balaban J connectivity index is 1.23. The van der Waals surface area contributed by atoms with Crippen molar-refractivity contribution in [2.24, 2.45) is 0 Å². The molecule has 0 spiro atoms. The predicted octanol–water partition coefficient (Wildman–Crippen LogP) is 13.6. The highest BCUT2D eigenvalue weighted by atomic mass is 15.0. The molecule has 57 heavy (non-hydrogen) atoms. The van der Waals surface area contributed by atoms with E-state index < -0.39 is 0 Å². The van der Waals surface area contributed by atoms with Crippen molar-refractivity contribution in [3.63, 3.8) is 0 Å². The average molecular weight is 727 g/mol. The fourth-order valence-electron chi connectivity index (χ4n) is 8.27. The summed E-state index contributed by atoms with van der Waals surface area (Å²) < 4.78 is 2.43. The molecule has 0 aliphatic carbocycles. The van der Waals surface area contributed by atoms with Crippen LogP contribution in [0.15, 0.2) is 206 Å². The molecule has 4 heteroatoms. The fraction of sp³-hybridized carbons (Fsp3) is 0. The smallest absolute Gasteiger partial charge is 0.164 e. The van der Waals surface area contributed by atoms with Crippen LogP contribution in [0.2, 0.25) is 0 Å². The first-order valence-corrected chi connectivity index (χ1v) is 19.3. The molecule has 0 amide bonds. The quantitative estimate of drug-likeness (QED) is 0.171. The van der Waals surface area contributed by atoms with E-state index in [4.69, 9.17) is 15.0 Å². The van der Waals surface area contributed by atoms with Crippen LogP contribution in [-0.2, 0) is 0 Å². The summed E-state index contributed by atoms with van der Waals surface area (Å²) >= 11 is 0. The molecule has 0 saturated heterocycles. The van der Waals surface area contributed by atoms with Crippen molar-refractivity contribution >= 4 is 43.4 Å². The van der Waals surface area contributed by atoms with E-state index in [9.17, 15) is 0 Å². The van der Waals surface area contributed by atoms with E-state index in [0.29, 0.717) is 17.5 Å². The summed E-state index contributed by atoms with van der Waals surface area (Å²) in [5.41, 5.74) is 10.6. The molecule has 0 fully saturated rings. The molecule has 0 N–H and O–H groups in total.